The first-order valence-electron chi connectivity index (χ1n) is 10.1. The fourth-order valence-electron chi connectivity index (χ4n) is 4.06. The van der Waals surface area contributed by atoms with Gasteiger partial charge in [-0.25, -0.2) is 4.79 Å². The molecule has 2 aromatic rings. The Kier molecular flexibility index (Phi) is 5.59. The molecular weight excluding hydrogens is 397 g/mol. The van der Waals surface area contributed by atoms with E-state index >= 15 is 0 Å². The lowest BCUT2D eigenvalue weighted by molar-refractivity contribution is -0.138. The SMILES string of the molecule is Nc1cnn(C(=O)N2CCN(Cc3ccc(N4CCCC4)cc3C(F)(F)F)CC2)c1. The minimum Gasteiger partial charge on any atom is -0.396 e. The molecule has 2 fully saturated rings. The summed E-state index contributed by atoms with van der Waals surface area (Å²) in [6, 6.07) is 4.39. The molecule has 1 aromatic carbocycles. The number of rotatable bonds is 3. The number of aromatic nitrogens is 2. The zero-order chi connectivity index (χ0) is 21.3. The van der Waals surface area contributed by atoms with Crippen LogP contribution in [0.4, 0.5) is 29.3 Å². The molecule has 0 bridgehead atoms. The zero-order valence-electron chi connectivity index (χ0n) is 16.6. The summed E-state index contributed by atoms with van der Waals surface area (Å²) in [5, 5.41) is 3.92. The van der Waals surface area contributed by atoms with Crippen LogP contribution in [0.5, 0.6) is 0 Å². The molecule has 0 radical (unpaired) electrons. The fourth-order valence-corrected chi connectivity index (χ4v) is 4.06. The number of carbonyl (C=O) groups is 1. The Balaban J connectivity index is 1.42. The Bertz CT molecular complexity index is 898. The highest BCUT2D eigenvalue weighted by atomic mass is 19.4. The lowest BCUT2D eigenvalue weighted by Crippen LogP contribution is -2.49. The molecular formula is C20H25F3N6O. The fraction of sp³-hybridized carbons (Fsp3) is 0.500. The molecule has 2 saturated heterocycles. The van der Waals surface area contributed by atoms with Crippen molar-refractivity contribution < 1.29 is 18.0 Å². The molecule has 0 atom stereocenters. The van der Waals surface area contributed by atoms with Gasteiger partial charge in [-0.2, -0.15) is 23.0 Å². The molecule has 7 nitrogen and oxygen atoms in total. The number of nitrogens with two attached hydrogens (primary N) is 1. The van der Waals surface area contributed by atoms with Crippen LogP contribution in [0.25, 0.3) is 0 Å². The third-order valence-electron chi connectivity index (χ3n) is 5.71. The first-order chi connectivity index (χ1) is 14.3. The van der Waals surface area contributed by atoms with Crippen LogP contribution < -0.4 is 10.6 Å². The van der Waals surface area contributed by atoms with Crippen LogP contribution in [0.3, 0.4) is 0 Å². The average molecular weight is 422 g/mol. The summed E-state index contributed by atoms with van der Waals surface area (Å²) in [7, 11) is 0. The second-order valence-corrected chi connectivity index (χ2v) is 7.80. The lowest BCUT2D eigenvalue weighted by atomic mass is 10.0. The maximum atomic E-state index is 13.7. The van der Waals surface area contributed by atoms with Crippen molar-refractivity contribution in [2.24, 2.45) is 0 Å². The number of nitrogen functional groups attached to an aromatic ring is 1. The maximum Gasteiger partial charge on any atom is 0.416 e. The molecule has 162 valence electrons. The number of benzene rings is 1. The first-order valence-corrected chi connectivity index (χ1v) is 10.1. The van der Waals surface area contributed by atoms with Gasteiger partial charge in [-0.1, -0.05) is 6.07 Å². The summed E-state index contributed by atoms with van der Waals surface area (Å²) in [5.74, 6) is 0. The minimum atomic E-state index is -4.40. The van der Waals surface area contributed by atoms with Crippen molar-refractivity contribution >= 4 is 17.4 Å². The Morgan fingerprint density at radius 3 is 2.37 bits per heavy atom. The monoisotopic (exact) mass is 422 g/mol. The molecule has 1 amide bonds. The number of nitrogens with zero attached hydrogens (tertiary/aromatic N) is 5. The van der Waals surface area contributed by atoms with Crippen molar-refractivity contribution in [2.75, 3.05) is 49.9 Å². The molecule has 30 heavy (non-hydrogen) atoms. The van der Waals surface area contributed by atoms with Gasteiger partial charge in [0.1, 0.15) is 0 Å². The molecule has 0 spiro atoms. The highest BCUT2D eigenvalue weighted by molar-refractivity contribution is 5.76. The second kappa shape index (κ2) is 8.17. The summed E-state index contributed by atoms with van der Waals surface area (Å²) < 4.78 is 42.3. The van der Waals surface area contributed by atoms with E-state index in [0.717, 1.165) is 25.9 Å². The molecule has 10 heteroatoms. The van der Waals surface area contributed by atoms with E-state index in [2.05, 4.69) is 5.10 Å². The van der Waals surface area contributed by atoms with E-state index in [0.29, 0.717) is 37.6 Å². The van der Waals surface area contributed by atoms with E-state index in [1.54, 1.807) is 17.0 Å². The number of hydrogen-bond acceptors (Lipinski definition) is 5. The van der Waals surface area contributed by atoms with Crippen LogP contribution >= 0.6 is 0 Å². The predicted octanol–water partition coefficient (Wildman–Crippen LogP) is 2.87. The van der Waals surface area contributed by atoms with Gasteiger partial charge in [0, 0.05) is 51.5 Å². The largest absolute Gasteiger partial charge is 0.416 e. The average Bonchev–Trinajstić information content (AvgIpc) is 3.39. The maximum absolute atomic E-state index is 13.7. The van der Waals surface area contributed by atoms with Gasteiger partial charge in [0.15, 0.2) is 0 Å². The van der Waals surface area contributed by atoms with Gasteiger partial charge in [0.2, 0.25) is 0 Å². The third-order valence-corrected chi connectivity index (χ3v) is 5.71. The minimum absolute atomic E-state index is 0.200. The van der Waals surface area contributed by atoms with Gasteiger partial charge in [0.05, 0.1) is 23.6 Å². The Labute approximate surface area is 172 Å². The second-order valence-electron chi connectivity index (χ2n) is 7.80. The summed E-state index contributed by atoms with van der Waals surface area (Å²) in [5.41, 5.74) is 6.33. The molecule has 4 rings (SSSR count). The Morgan fingerprint density at radius 2 is 1.77 bits per heavy atom. The van der Waals surface area contributed by atoms with Crippen LogP contribution in [-0.2, 0) is 12.7 Å². The van der Waals surface area contributed by atoms with Gasteiger partial charge in [-0.15, -0.1) is 0 Å². The van der Waals surface area contributed by atoms with E-state index in [1.807, 2.05) is 9.80 Å². The van der Waals surface area contributed by atoms with Crippen LogP contribution in [0.15, 0.2) is 30.6 Å². The zero-order valence-corrected chi connectivity index (χ0v) is 16.6. The van der Waals surface area contributed by atoms with Crippen LogP contribution in [0.2, 0.25) is 0 Å². The quantitative estimate of drug-likeness (QED) is 0.824. The van der Waals surface area contributed by atoms with Crippen LogP contribution in [0.1, 0.15) is 24.0 Å². The van der Waals surface area contributed by atoms with Crippen molar-refractivity contribution in [2.45, 2.75) is 25.6 Å². The third kappa shape index (κ3) is 4.38. The Hall–Kier alpha value is -2.75. The number of piperazine rings is 1. The highest BCUT2D eigenvalue weighted by Crippen LogP contribution is 2.36. The molecule has 2 aliphatic heterocycles. The van der Waals surface area contributed by atoms with Gasteiger partial charge in [-0.05, 0) is 30.5 Å². The molecule has 0 unspecified atom stereocenters. The summed E-state index contributed by atoms with van der Waals surface area (Å²) in [6.45, 7) is 3.63. The van der Waals surface area contributed by atoms with E-state index in [1.165, 1.54) is 23.1 Å². The topological polar surface area (TPSA) is 70.6 Å². The number of halogens is 3. The highest BCUT2D eigenvalue weighted by Gasteiger charge is 2.35. The van der Waals surface area contributed by atoms with Crippen molar-refractivity contribution in [3.8, 4) is 0 Å². The molecule has 2 aliphatic rings. The molecule has 0 aliphatic carbocycles. The van der Waals surface area contributed by atoms with Crippen molar-refractivity contribution in [3.05, 3.63) is 41.7 Å². The number of alkyl halides is 3. The Morgan fingerprint density at radius 1 is 1.07 bits per heavy atom. The van der Waals surface area contributed by atoms with Crippen LogP contribution in [0, 0.1) is 0 Å². The van der Waals surface area contributed by atoms with Crippen molar-refractivity contribution in [1.82, 2.24) is 19.6 Å². The first kappa shape index (κ1) is 20.5. The lowest BCUT2D eigenvalue weighted by Gasteiger charge is -2.35. The summed E-state index contributed by atoms with van der Waals surface area (Å²) >= 11 is 0. The normalized spacial score (nSPS) is 18.2. The van der Waals surface area contributed by atoms with Gasteiger partial charge in [-0.3, -0.25) is 4.90 Å². The number of amides is 1. The van der Waals surface area contributed by atoms with Crippen LogP contribution in [-0.4, -0.2) is 64.9 Å². The summed E-state index contributed by atoms with van der Waals surface area (Å²) in [6.07, 6.45) is 0.474. The van der Waals surface area contributed by atoms with Gasteiger partial charge >= 0.3 is 12.2 Å². The number of hydrogen-bond donors (Lipinski definition) is 1. The van der Waals surface area contributed by atoms with Gasteiger partial charge < -0.3 is 15.5 Å². The van der Waals surface area contributed by atoms with E-state index < -0.39 is 11.7 Å². The molecule has 2 N–H and O–H groups in total. The number of anilines is 2. The van der Waals surface area contributed by atoms with Crippen molar-refractivity contribution in [1.29, 1.82) is 0 Å². The molecule has 0 saturated carbocycles. The van der Waals surface area contributed by atoms with Crippen molar-refractivity contribution in [3.63, 3.8) is 0 Å². The van der Waals surface area contributed by atoms with E-state index in [9.17, 15) is 18.0 Å². The summed E-state index contributed by atoms with van der Waals surface area (Å²) in [4.78, 5) is 18.0. The smallest absolute Gasteiger partial charge is 0.396 e. The van der Waals surface area contributed by atoms with E-state index in [4.69, 9.17) is 5.73 Å². The molecule has 3 heterocycles. The van der Waals surface area contributed by atoms with E-state index in [-0.39, 0.29) is 18.1 Å². The predicted molar refractivity (Wildman–Crippen MR) is 107 cm³/mol. The molecule has 1 aromatic heterocycles. The standard InChI is InChI=1S/C20H25F3N6O/c21-20(22,23)18-11-17(27-5-1-2-6-27)4-3-15(18)13-26-7-9-28(10-8-26)19(30)29-14-16(24)12-25-29/h3-4,11-12,14H,1-2,5-10,13,24H2. The van der Waals surface area contributed by atoms with Gasteiger partial charge in [0.25, 0.3) is 0 Å². The number of carbonyl (C=O) groups excluding carboxylic acids is 1.